The third-order valence-electron chi connectivity index (χ3n) is 1.04. The van der Waals surface area contributed by atoms with Crippen LogP contribution in [-0.4, -0.2) is 47.5 Å². The Labute approximate surface area is 103 Å². The second-order valence-corrected chi connectivity index (χ2v) is 2.94. The molecule has 0 spiro atoms. The van der Waals surface area contributed by atoms with Gasteiger partial charge in [-0.3, -0.25) is 0 Å². The summed E-state index contributed by atoms with van der Waals surface area (Å²) in [7, 11) is 0. The van der Waals surface area contributed by atoms with Crippen LogP contribution < -0.4 is 0 Å². The molecule has 0 aromatic heterocycles. The average Bonchev–Trinajstić information content (AvgIpc) is 2.18. The highest BCUT2D eigenvalue weighted by Gasteiger charge is 1.97. The van der Waals surface area contributed by atoms with E-state index in [1.165, 1.54) is 0 Å². The molecule has 8 heteroatoms. The second kappa shape index (κ2) is 14.4. The zero-order chi connectivity index (χ0) is 12.8. The summed E-state index contributed by atoms with van der Waals surface area (Å²) < 4.78 is 8.63. The Kier molecular flexibility index (Phi) is 16.1. The topological polar surface area (TPSA) is 93.1 Å². The lowest BCUT2D eigenvalue weighted by atomic mass is 10.5. The molecule has 0 aliphatic heterocycles. The fraction of sp³-hybridized carbons (Fsp3) is 0.750. The van der Waals surface area contributed by atoms with Crippen LogP contribution in [0.15, 0.2) is 0 Å². The fourth-order valence-electron chi connectivity index (χ4n) is 0.434. The zero-order valence-corrected chi connectivity index (χ0v) is 10.0. The minimum absolute atomic E-state index is 0.0938. The highest BCUT2D eigenvalue weighted by atomic mass is 35.5. The van der Waals surface area contributed by atoms with E-state index in [2.05, 4.69) is 9.47 Å². The van der Waals surface area contributed by atoms with E-state index in [1.54, 1.807) is 0 Å². The molecule has 0 saturated carbocycles. The summed E-state index contributed by atoms with van der Waals surface area (Å²) in [5, 5.41) is 15.8. The third kappa shape index (κ3) is 23.3. The van der Waals surface area contributed by atoms with Crippen molar-refractivity contribution < 1.29 is 29.3 Å². The minimum Gasteiger partial charge on any atom is -0.454 e. The van der Waals surface area contributed by atoms with Crippen LogP contribution in [-0.2, 0) is 9.47 Å². The number of carbonyl (C=O) groups is 2. The number of hydrogen-bond acceptors (Lipinski definition) is 6. The first-order valence-electron chi connectivity index (χ1n) is 4.40. The molecule has 96 valence electrons. The van der Waals surface area contributed by atoms with Gasteiger partial charge in [0.05, 0.1) is 13.2 Å². The van der Waals surface area contributed by atoms with Crippen molar-refractivity contribution >= 4 is 34.1 Å². The van der Waals surface area contributed by atoms with E-state index >= 15 is 0 Å². The van der Waals surface area contributed by atoms with Crippen molar-refractivity contribution in [2.45, 2.75) is 12.8 Å². The molecule has 0 radical (unpaired) electrons. The monoisotopic (exact) mass is 276 g/mol. The predicted molar refractivity (Wildman–Crippen MR) is 57.8 cm³/mol. The minimum atomic E-state index is -0.873. The quantitative estimate of drug-likeness (QED) is 0.564. The summed E-state index contributed by atoms with van der Waals surface area (Å²) in [6.45, 7) is 0.423. The zero-order valence-electron chi connectivity index (χ0n) is 8.53. The van der Waals surface area contributed by atoms with Gasteiger partial charge in [0.15, 0.2) is 0 Å². The van der Waals surface area contributed by atoms with Crippen LogP contribution in [0.5, 0.6) is 0 Å². The molecule has 0 bridgehead atoms. The maximum absolute atomic E-state index is 9.95. The molecule has 6 nitrogen and oxygen atoms in total. The van der Waals surface area contributed by atoms with E-state index < -0.39 is 10.9 Å². The molecule has 0 unspecified atom stereocenters. The molecule has 0 heterocycles. The number of aliphatic hydroxyl groups excluding tert-OH is 2. The average molecular weight is 277 g/mol. The van der Waals surface area contributed by atoms with Gasteiger partial charge in [0.1, 0.15) is 0 Å². The summed E-state index contributed by atoms with van der Waals surface area (Å²) in [4.78, 5) is 19.9. The van der Waals surface area contributed by atoms with Crippen LogP contribution in [0.1, 0.15) is 12.8 Å². The predicted octanol–water partition coefficient (Wildman–Crippen LogP) is 1.49. The molecule has 0 rings (SSSR count). The summed E-state index contributed by atoms with van der Waals surface area (Å²) in [6.07, 6.45) is 0.886. The smallest absolute Gasteiger partial charge is 0.403 e. The van der Waals surface area contributed by atoms with Crippen molar-refractivity contribution in [3.05, 3.63) is 0 Å². The van der Waals surface area contributed by atoms with Crippen LogP contribution in [0.25, 0.3) is 0 Å². The Bertz CT molecular complexity index is 169. The van der Waals surface area contributed by atoms with Gasteiger partial charge in [-0.25, -0.2) is 9.59 Å². The third-order valence-corrected chi connectivity index (χ3v) is 1.25. The molecule has 16 heavy (non-hydrogen) atoms. The summed E-state index contributed by atoms with van der Waals surface area (Å²) >= 11 is 9.65. The molecular weight excluding hydrogens is 263 g/mol. The first-order chi connectivity index (χ1) is 7.54. The second-order valence-electron chi connectivity index (χ2n) is 2.33. The Morgan fingerprint density at radius 1 is 0.875 bits per heavy atom. The van der Waals surface area contributed by atoms with Crippen LogP contribution in [0.3, 0.4) is 0 Å². The first-order valence-corrected chi connectivity index (χ1v) is 5.16. The maximum atomic E-state index is 9.95. The SMILES string of the molecule is O=C(Cl)OCCCOC(=O)Cl.OCCCO. The van der Waals surface area contributed by atoms with Crippen molar-refractivity contribution in [1.82, 2.24) is 0 Å². The standard InChI is InChI=1S/C5H6Cl2O4.C3H8O2/c6-4(8)10-2-1-3-11-5(7)9;4-2-1-3-5/h1-3H2;4-5H,1-3H2. The highest BCUT2D eigenvalue weighted by Crippen LogP contribution is 1.92. The molecule has 0 atom stereocenters. The Balaban J connectivity index is 0. The molecule has 2 N–H and O–H groups in total. The molecular formula is C8H14Cl2O6. The van der Waals surface area contributed by atoms with Crippen molar-refractivity contribution in [3.63, 3.8) is 0 Å². The van der Waals surface area contributed by atoms with E-state index in [4.69, 9.17) is 33.4 Å². The van der Waals surface area contributed by atoms with E-state index in [0.29, 0.717) is 12.8 Å². The van der Waals surface area contributed by atoms with E-state index in [0.717, 1.165) is 0 Å². The lowest BCUT2D eigenvalue weighted by Gasteiger charge is -1.99. The van der Waals surface area contributed by atoms with Gasteiger partial charge >= 0.3 is 10.9 Å². The molecule has 0 fully saturated rings. The van der Waals surface area contributed by atoms with Gasteiger partial charge in [-0.05, 0) is 6.42 Å². The lowest BCUT2D eigenvalue weighted by molar-refractivity contribution is 0.144. The molecule has 0 amide bonds. The van der Waals surface area contributed by atoms with Crippen LogP contribution in [0, 0.1) is 0 Å². The number of aliphatic hydroxyl groups is 2. The molecule has 0 saturated heterocycles. The number of hydrogen-bond donors (Lipinski definition) is 2. The molecule has 0 aliphatic carbocycles. The molecule has 0 aromatic carbocycles. The maximum Gasteiger partial charge on any atom is 0.403 e. The van der Waals surface area contributed by atoms with Gasteiger partial charge in [-0.15, -0.1) is 0 Å². The summed E-state index contributed by atoms with van der Waals surface area (Å²) in [5.74, 6) is 0. The Morgan fingerprint density at radius 3 is 1.44 bits per heavy atom. The fourth-order valence-corrected chi connectivity index (χ4v) is 0.589. The van der Waals surface area contributed by atoms with E-state index in [1.807, 2.05) is 0 Å². The Morgan fingerprint density at radius 2 is 1.25 bits per heavy atom. The first kappa shape index (κ1) is 17.8. The van der Waals surface area contributed by atoms with Gasteiger partial charge in [0.2, 0.25) is 0 Å². The normalized spacial score (nSPS) is 8.75. The van der Waals surface area contributed by atoms with Crippen molar-refractivity contribution in [2.24, 2.45) is 0 Å². The number of carbonyl (C=O) groups excluding carboxylic acids is 2. The van der Waals surface area contributed by atoms with Crippen molar-refractivity contribution in [2.75, 3.05) is 26.4 Å². The van der Waals surface area contributed by atoms with Crippen molar-refractivity contribution in [1.29, 1.82) is 0 Å². The Hall–Kier alpha value is -0.560. The van der Waals surface area contributed by atoms with Gasteiger partial charge in [-0.1, -0.05) is 0 Å². The van der Waals surface area contributed by atoms with E-state index in [-0.39, 0.29) is 26.4 Å². The van der Waals surface area contributed by atoms with Gasteiger partial charge < -0.3 is 19.7 Å². The summed E-state index contributed by atoms with van der Waals surface area (Å²) in [6, 6.07) is 0. The highest BCUT2D eigenvalue weighted by molar-refractivity contribution is 6.61. The number of rotatable bonds is 6. The number of ether oxygens (including phenoxy) is 2. The van der Waals surface area contributed by atoms with E-state index in [9.17, 15) is 9.59 Å². The van der Waals surface area contributed by atoms with Crippen LogP contribution >= 0.6 is 23.2 Å². The van der Waals surface area contributed by atoms with Gasteiger partial charge in [0.25, 0.3) is 0 Å². The summed E-state index contributed by atoms with van der Waals surface area (Å²) in [5.41, 5.74) is -1.75. The largest absolute Gasteiger partial charge is 0.454 e. The molecule has 0 aliphatic rings. The van der Waals surface area contributed by atoms with Crippen molar-refractivity contribution in [3.8, 4) is 0 Å². The molecule has 0 aromatic rings. The van der Waals surface area contributed by atoms with Gasteiger partial charge in [0, 0.05) is 42.8 Å². The number of halogens is 2. The lowest BCUT2D eigenvalue weighted by Crippen LogP contribution is -2.02. The van der Waals surface area contributed by atoms with Gasteiger partial charge in [-0.2, -0.15) is 0 Å². The van der Waals surface area contributed by atoms with Crippen LogP contribution in [0.2, 0.25) is 0 Å². The van der Waals surface area contributed by atoms with Crippen LogP contribution in [0.4, 0.5) is 9.59 Å².